The third kappa shape index (κ3) is 3.60. The lowest BCUT2D eigenvalue weighted by Crippen LogP contribution is -2.41. The van der Waals surface area contributed by atoms with Crippen LogP contribution in [0, 0.1) is 11.7 Å². The molecule has 3 nitrogen and oxygen atoms in total. The minimum Gasteiger partial charge on any atom is -0.423 e. The molecule has 1 aromatic carbocycles. The van der Waals surface area contributed by atoms with Crippen molar-refractivity contribution >= 4 is 12.6 Å². The Morgan fingerprint density at radius 2 is 2.00 bits per heavy atom. The Morgan fingerprint density at radius 3 is 2.65 bits per heavy atom. The van der Waals surface area contributed by atoms with E-state index >= 15 is 0 Å². The van der Waals surface area contributed by atoms with Crippen LogP contribution in [-0.2, 0) is 6.54 Å². The maximum Gasteiger partial charge on any atom is 0.488 e. The molecule has 0 heterocycles. The predicted molar refractivity (Wildman–Crippen MR) is 79.1 cm³/mol. The van der Waals surface area contributed by atoms with Crippen LogP contribution in [0.15, 0.2) is 18.2 Å². The van der Waals surface area contributed by atoms with E-state index in [1.165, 1.54) is 37.8 Å². The maximum atomic E-state index is 13.2. The van der Waals surface area contributed by atoms with Gasteiger partial charge in [-0.15, -0.1) is 0 Å². The van der Waals surface area contributed by atoms with Gasteiger partial charge in [-0.05, 0) is 49.0 Å². The molecular formula is C15H23BFNO2. The van der Waals surface area contributed by atoms with Crippen LogP contribution >= 0.6 is 0 Å². The SMILES string of the molecule is CC1CCCCC1N(C)Cc1ccc(F)cc1B(O)O. The molecule has 0 spiro atoms. The van der Waals surface area contributed by atoms with Gasteiger partial charge in [0.1, 0.15) is 5.82 Å². The van der Waals surface area contributed by atoms with Gasteiger partial charge in [0.25, 0.3) is 0 Å². The number of benzene rings is 1. The first-order chi connectivity index (χ1) is 9.49. The summed E-state index contributed by atoms with van der Waals surface area (Å²) in [5.74, 6) is 0.210. The molecule has 1 fully saturated rings. The van der Waals surface area contributed by atoms with Crippen molar-refractivity contribution < 1.29 is 14.4 Å². The average molecular weight is 279 g/mol. The molecule has 110 valence electrons. The predicted octanol–water partition coefficient (Wildman–Crippen LogP) is 1.52. The van der Waals surface area contributed by atoms with E-state index in [9.17, 15) is 14.4 Å². The lowest BCUT2D eigenvalue weighted by atomic mass is 9.76. The van der Waals surface area contributed by atoms with Crippen molar-refractivity contribution in [3.8, 4) is 0 Å². The fourth-order valence-electron chi connectivity index (χ4n) is 3.29. The van der Waals surface area contributed by atoms with Crippen LogP contribution in [0.4, 0.5) is 4.39 Å². The number of halogens is 1. The molecule has 0 saturated heterocycles. The Kier molecular flexibility index (Phi) is 5.19. The number of hydrogen-bond acceptors (Lipinski definition) is 3. The summed E-state index contributed by atoms with van der Waals surface area (Å²) in [6.45, 7) is 2.88. The van der Waals surface area contributed by atoms with Gasteiger partial charge in [-0.3, -0.25) is 4.90 Å². The van der Waals surface area contributed by atoms with E-state index in [1.807, 2.05) is 0 Å². The fourth-order valence-corrected chi connectivity index (χ4v) is 3.29. The third-order valence-electron chi connectivity index (χ3n) is 4.44. The van der Waals surface area contributed by atoms with Gasteiger partial charge < -0.3 is 10.0 Å². The Balaban J connectivity index is 2.12. The molecule has 2 atom stereocenters. The summed E-state index contributed by atoms with van der Waals surface area (Å²) in [7, 11) is 0.432. The molecule has 0 amide bonds. The van der Waals surface area contributed by atoms with Crippen LogP contribution in [0.1, 0.15) is 38.2 Å². The molecule has 1 saturated carbocycles. The van der Waals surface area contributed by atoms with Crippen LogP contribution in [0.2, 0.25) is 0 Å². The van der Waals surface area contributed by atoms with Crippen LogP contribution in [0.25, 0.3) is 0 Å². The smallest absolute Gasteiger partial charge is 0.423 e. The number of hydrogen-bond donors (Lipinski definition) is 2. The maximum absolute atomic E-state index is 13.2. The highest BCUT2D eigenvalue weighted by Crippen LogP contribution is 2.28. The molecule has 2 rings (SSSR count). The van der Waals surface area contributed by atoms with Gasteiger partial charge in [0.15, 0.2) is 0 Å². The van der Waals surface area contributed by atoms with E-state index in [-0.39, 0.29) is 5.46 Å². The zero-order valence-electron chi connectivity index (χ0n) is 12.2. The molecule has 1 aliphatic rings. The van der Waals surface area contributed by atoms with Crippen LogP contribution in [-0.4, -0.2) is 35.2 Å². The summed E-state index contributed by atoms with van der Waals surface area (Å²) >= 11 is 0. The quantitative estimate of drug-likeness (QED) is 0.821. The fraction of sp³-hybridized carbons (Fsp3) is 0.600. The van der Waals surface area contributed by atoms with Crippen LogP contribution in [0.3, 0.4) is 0 Å². The second kappa shape index (κ2) is 6.70. The third-order valence-corrected chi connectivity index (χ3v) is 4.44. The van der Waals surface area contributed by atoms with Crippen molar-refractivity contribution in [3.05, 3.63) is 29.6 Å². The Labute approximate surface area is 120 Å². The lowest BCUT2D eigenvalue weighted by Gasteiger charge is -2.36. The van der Waals surface area contributed by atoms with E-state index in [0.717, 1.165) is 5.56 Å². The van der Waals surface area contributed by atoms with Crippen molar-refractivity contribution in [3.63, 3.8) is 0 Å². The summed E-state index contributed by atoms with van der Waals surface area (Å²) in [5, 5.41) is 18.7. The molecular weight excluding hydrogens is 256 g/mol. The minimum atomic E-state index is -1.63. The summed E-state index contributed by atoms with van der Waals surface area (Å²) in [6.07, 6.45) is 4.96. The second-order valence-electron chi connectivity index (χ2n) is 5.96. The first kappa shape index (κ1) is 15.5. The molecule has 1 aromatic rings. The summed E-state index contributed by atoms with van der Waals surface area (Å²) in [4.78, 5) is 2.25. The van der Waals surface area contributed by atoms with Gasteiger partial charge in [-0.1, -0.05) is 25.8 Å². The monoisotopic (exact) mass is 279 g/mol. The first-order valence-electron chi connectivity index (χ1n) is 7.33. The normalized spacial score (nSPS) is 23.1. The van der Waals surface area contributed by atoms with Crippen molar-refractivity contribution in [1.29, 1.82) is 0 Å². The molecule has 0 bridgehead atoms. The Hall–Kier alpha value is -0.905. The van der Waals surface area contributed by atoms with Crippen LogP contribution in [0.5, 0.6) is 0 Å². The molecule has 0 radical (unpaired) electrons. The highest BCUT2D eigenvalue weighted by molar-refractivity contribution is 6.59. The van der Waals surface area contributed by atoms with E-state index in [2.05, 4.69) is 18.9 Å². The summed E-state index contributed by atoms with van der Waals surface area (Å²) < 4.78 is 13.2. The summed E-state index contributed by atoms with van der Waals surface area (Å²) in [6, 6.07) is 4.74. The standard InChI is InChI=1S/C15H23BFNO2/c1-11-5-3-4-6-15(11)18(2)10-12-7-8-13(17)9-14(12)16(19)20/h7-9,11,15,19-20H,3-6,10H2,1-2H3. The topological polar surface area (TPSA) is 43.7 Å². The van der Waals surface area contributed by atoms with Crippen molar-refractivity contribution in [2.24, 2.45) is 5.92 Å². The Bertz CT molecular complexity index is 455. The van der Waals surface area contributed by atoms with Gasteiger partial charge in [-0.25, -0.2) is 4.39 Å². The molecule has 5 heteroatoms. The average Bonchev–Trinajstić information content (AvgIpc) is 2.41. The zero-order valence-corrected chi connectivity index (χ0v) is 12.2. The highest BCUT2D eigenvalue weighted by Gasteiger charge is 2.26. The molecule has 2 unspecified atom stereocenters. The van der Waals surface area contributed by atoms with E-state index in [4.69, 9.17) is 0 Å². The zero-order chi connectivity index (χ0) is 14.7. The molecule has 1 aliphatic carbocycles. The van der Waals surface area contributed by atoms with Crippen LogP contribution < -0.4 is 5.46 Å². The lowest BCUT2D eigenvalue weighted by molar-refractivity contribution is 0.133. The summed E-state index contributed by atoms with van der Waals surface area (Å²) in [5.41, 5.74) is 1.04. The van der Waals surface area contributed by atoms with E-state index in [1.54, 1.807) is 6.07 Å². The minimum absolute atomic E-state index is 0.264. The largest absolute Gasteiger partial charge is 0.488 e. The Morgan fingerprint density at radius 1 is 1.30 bits per heavy atom. The molecule has 2 N–H and O–H groups in total. The van der Waals surface area contributed by atoms with Gasteiger partial charge >= 0.3 is 7.12 Å². The number of nitrogens with zero attached hydrogens (tertiary/aromatic N) is 1. The highest BCUT2D eigenvalue weighted by atomic mass is 19.1. The van der Waals surface area contributed by atoms with Gasteiger partial charge in [0.05, 0.1) is 0 Å². The van der Waals surface area contributed by atoms with E-state index < -0.39 is 12.9 Å². The van der Waals surface area contributed by atoms with Crippen molar-refractivity contribution in [2.45, 2.75) is 45.2 Å². The van der Waals surface area contributed by atoms with Gasteiger partial charge in [0, 0.05) is 12.6 Å². The molecule has 0 aliphatic heterocycles. The van der Waals surface area contributed by atoms with Crippen molar-refractivity contribution in [2.75, 3.05) is 7.05 Å². The first-order valence-corrected chi connectivity index (χ1v) is 7.33. The molecule has 20 heavy (non-hydrogen) atoms. The number of rotatable bonds is 4. The molecule has 0 aromatic heterocycles. The van der Waals surface area contributed by atoms with Gasteiger partial charge in [0.2, 0.25) is 0 Å². The van der Waals surface area contributed by atoms with Crippen molar-refractivity contribution in [1.82, 2.24) is 4.90 Å². The van der Waals surface area contributed by atoms with Gasteiger partial charge in [-0.2, -0.15) is 0 Å². The second-order valence-corrected chi connectivity index (χ2v) is 5.96. The van der Waals surface area contributed by atoms with E-state index in [0.29, 0.717) is 18.5 Å².